The van der Waals surface area contributed by atoms with E-state index in [1.165, 1.54) is 24.5 Å². The standard InChI is InChI=1S/C20H21NO3/c1-14(22)15-6-9-19(10-7-15)24-12-11-20(23)21-18-8-5-16-3-2-4-17(16)13-18/h5-10,13H,2-4,11-12H2,1H3,(H,21,23). The number of aryl methyl sites for hydroxylation is 2. The molecule has 0 radical (unpaired) electrons. The molecule has 0 saturated carbocycles. The monoisotopic (exact) mass is 323 g/mol. The van der Waals surface area contributed by atoms with Crippen LogP contribution >= 0.6 is 0 Å². The summed E-state index contributed by atoms with van der Waals surface area (Å²) in [6.07, 6.45) is 3.72. The maximum absolute atomic E-state index is 12.0. The van der Waals surface area contributed by atoms with Crippen molar-refractivity contribution in [1.82, 2.24) is 0 Å². The van der Waals surface area contributed by atoms with E-state index < -0.39 is 0 Å². The normalized spacial score (nSPS) is 12.5. The predicted molar refractivity (Wildman–Crippen MR) is 93.7 cm³/mol. The van der Waals surface area contributed by atoms with Crippen molar-refractivity contribution < 1.29 is 14.3 Å². The average Bonchev–Trinajstić information content (AvgIpc) is 3.03. The SMILES string of the molecule is CC(=O)c1ccc(OCCC(=O)Nc2ccc3c(c2)CCC3)cc1. The number of ether oxygens (including phenoxy) is 1. The lowest BCUT2D eigenvalue weighted by Gasteiger charge is -2.09. The van der Waals surface area contributed by atoms with E-state index in [1.807, 2.05) is 6.07 Å². The molecule has 0 bridgehead atoms. The third-order valence-corrected chi connectivity index (χ3v) is 4.24. The third-order valence-electron chi connectivity index (χ3n) is 4.24. The summed E-state index contributed by atoms with van der Waals surface area (Å²) in [5.74, 6) is 0.619. The molecule has 0 aromatic heterocycles. The van der Waals surface area contributed by atoms with Gasteiger partial charge in [-0.25, -0.2) is 0 Å². The van der Waals surface area contributed by atoms with Gasteiger partial charge in [0.2, 0.25) is 5.91 Å². The Morgan fingerprint density at radius 2 is 1.79 bits per heavy atom. The molecular weight excluding hydrogens is 302 g/mol. The number of ketones is 1. The average molecular weight is 323 g/mol. The van der Waals surface area contributed by atoms with Crippen molar-refractivity contribution in [3.05, 3.63) is 59.2 Å². The molecule has 3 rings (SSSR count). The van der Waals surface area contributed by atoms with Gasteiger partial charge in [0.05, 0.1) is 13.0 Å². The van der Waals surface area contributed by atoms with Gasteiger partial charge < -0.3 is 10.1 Å². The molecular formula is C20H21NO3. The molecule has 1 N–H and O–H groups in total. The Balaban J connectivity index is 1.46. The van der Waals surface area contributed by atoms with Gasteiger partial charge in [0.25, 0.3) is 0 Å². The molecule has 0 fully saturated rings. The van der Waals surface area contributed by atoms with Gasteiger partial charge in [-0.3, -0.25) is 9.59 Å². The predicted octanol–water partition coefficient (Wildman–Crippen LogP) is 3.79. The van der Waals surface area contributed by atoms with Crippen LogP contribution in [0.25, 0.3) is 0 Å². The molecule has 1 aliphatic rings. The number of rotatable bonds is 6. The van der Waals surface area contributed by atoms with Crippen molar-refractivity contribution in [2.24, 2.45) is 0 Å². The van der Waals surface area contributed by atoms with Crippen LogP contribution in [0.1, 0.15) is 41.3 Å². The van der Waals surface area contributed by atoms with Crippen molar-refractivity contribution in [1.29, 1.82) is 0 Å². The number of fused-ring (bicyclic) bond motifs is 1. The fourth-order valence-corrected chi connectivity index (χ4v) is 2.92. The van der Waals surface area contributed by atoms with Crippen LogP contribution in [-0.4, -0.2) is 18.3 Å². The van der Waals surface area contributed by atoms with Gasteiger partial charge in [0, 0.05) is 11.3 Å². The van der Waals surface area contributed by atoms with E-state index in [2.05, 4.69) is 17.4 Å². The minimum Gasteiger partial charge on any atom is -0.493 e. The van der Waals surface area contributed by atoms with Gasteiger partial charge in [-0.15, -0.1) is 0 Å². The van der Waals surface area contributed by atoms with E-state index in [4.69, 9.17) is 4.74 Å². The molecule has 2 aromatic carbocycles. The molecule has 0 aliphatic heterocycles. The van der Waals surface area contributed by atoms with Gasteiger partial charge in [0.15, 0.2) is 5.78 Å². The lowest BCUT2D eigenvalue weighted by atomic mass is 10.1. The van der Waals surface area contributed by atoms with Crippen molar-refractivity contribution in [2.45, 2.75) is 32.6 Å². The van der Waals surface area contributed by atoms with Crippen molar-refractivity contribution in [2.75, 3.05) is 11.9 Å². The molecule has 0 saturated heterocycles. The van der Waals surface area contributed by atoms with Crippen LogP contribution in [0.15, 0.2) is 42.5 Å². The number of hydrogen-bond donors (Lipinski definition) is 1. The highest BCUT2D eigenvalue weighted by Gasteiger charge is 2.11. The molecule has 124 valence electrons. The van der Waals surface area contributed by atoms with E-state index in [1.54, 1.807) is 24.3 Å². The number of benzene rings is 2. The van der Waals surface area contributed by atoms with Gasteiger partial charge in [-0.2, -0.15) is 0 Å². The first kappa shape index (κ1) is 16.2. The molecule has 2 aromatic rings. The van der Waals surface area contributed by atoms with Crippen molar-refractivity contribution in [3.8, 4) is 5.75 Å². The summed E-state index contributed by atoms with van der Waals surface area (Å²) in [5.41, 5.74) is 4.24. The molecule has 4 nitrogen and oxygen atoms in total. The zero-order valence-electron chi connectivity index (χ0n) is 13.8. The Hall–Kier alpha value is -2.62. The van der Waals surface area contributed by atoms with Crippen LogP contribution < -0.4 is 10.1 Å². The number of carbonyl (C=O) groups is 2. The number of Topliss-reactive ketones (excluding diaryl/α,β-unsaturated/α-hetero) is 1. The molecule has 1 aliphatic carbocycles. The van der Waals surface area contributed by atoms with Crippen LogP contribution in [0.5, 0.6) is 5.75 Å². The first-order valence-electron chi connectivity index (χ1n) is 8.27. The van der Waals surface area contributed by atoms with E-state index in [9.17, 15) is 9.59 Å². The second-order valence-corrected chi connectivity index (χ2v) is 6.06. The molecule has 0 spiro atoms. The van der Waals surface area contributed by atoms with Crippen LogP contribution in [-0.2, 0) is 17.6 Å². The highest BCUT2D eigenvalue weighted by Crippen LogP contribution is 2.24. The Morgan fingerprint density at radius 1 is 1.04 bits per heavy atom. The summed E-state index contributed by atoms with van der Waals surface area (Å²) in [6, 6.07) is 13.1. The molecule has 0 heterocycles. The molecule has 4 heteroatoms. The van der Waals surface area contributed by atoms with Crippen LogP contribution in [0.3, 0.4) is 0 Å². The first-order valence-corrected chi connectivity index (χ1v) is 8.27. The smallest absolute Gasteiger partial charge is 0.227 e. The number of hydrogen-bond acceptors (Lipinski definition) is 3. The maximum atomic E-state index is 12.0. The Morgan fingerprint density at radius 3 is 2.54 bits per heavy atom. The summed E-state index contributed by atoms with van der Waals surface area (Å²) in [4.78, 5) is 23.2. The largest absolute Gasteiger partial charge is 0.493 e. The van der Waals surface area contributed by atoms with Gasteiger partial charge >= 0.3 is 0 Å². The second-order valence-electron chi connectivity index (χ2n) is 6.06. The van der Waals surface area contributed by atoms with Crippen molar-refractivity contribution in [3.63, 3.8) is 0 Å². The molecule has 1 amide bonds. The lowest BCUT2D eigenvalue weighted by Crippen LogP contribution is -2.15. The first-order chi connectivity index (χ1) is 11.6. The highest BCUT2D eigenvalue weighted by atomic mass is 16.5. The Bertz CT molecular complexity index is 750. The quantitative estimate of drug-likeness (QED) is 0.823. The van der Waals surface area contributed by atoms with Gasteiger partial charge in [-0.1, -0.05) is 6.07 Å². The minimum atomic E-state index is -0.0618. The summed E-state index contributed by atoms with van der Waals surface area (Å²) in [5, 5.41) is 2.92. The molecule has 24 heavy (non-hydrogen) atoms. The molecule has 0 unspecified atom stereocenters. The van der Waals surface area contributed by atoms with Crippen LogP contribution in [0, 0.1) is 0 Å². The summed E-state index contributed by atoms with van der Waals surface area (Å²) >= 11 is 0. The second kappa shape index (κ2) is 7.30. The zero-order chi connectivity index (χ0) is 16.9. The number of anilines is 1. The van der Waals surface area contributed by atoms with E-state index in [-0.39, 0.29) is 18.1 Å². The number of amides is 1. The van der Waals surface area contributed by atoms with E-state index >= 15 is 0 Å². The summed E-state index contributed by atoms with van der Waals surface area (Å²) < 4.78 is 5.55. The minimum absolute atomic E-state index is 0.0234. The number of carbonyl (C=O) groups excluding carboxylic acids is 2. The van der Waals surface area contributed by atoms with Gasteiger partial charge in [0.1, 0.15) is 5.75 Å². The third kappa shape index (κ3) is 4.02. The van der Waals surface area contributed by atoms with Crippen LogP contribution in [0.2, 0.25) is 0 Å². The fraction of sp³-hybridized carbons (Fsp3) is 0.300. The van der Waals surface area contributed by atoms with E-state index in [0.29, 0.717) is 17.9 Å². The highest BCUT2D eigenvalue weighted by molar-refractivity contribution is 5.94. The van der Waals surface area contributed by atoms with Crippen LogP contribution in [0.4, 0.5) is 5.69 Å². The van der Waals surface area contributed by atoms with Crippen molar-refractivity contribution >= 4 is 17.4 Å². The summed E-state index contributed by atoms with van der Waals surface area (Å²) in [6.45, 7) is 1.83. The fourth-order valence-electron chi connectivity index (χ4n) is 2.92. The Labute approximate surface area is 141 Å². The molecule has 0 atom stereocenters. The lowest BCUT2D eigenvalue weighted by molar-refractivity contribution is -0.116. The Kier molecular flexibility index (Phi) is 4.94. The summed E-state index contributed by atoms with van der Waals surface area (Å²) in [7, 11) is 0. The number of nitrogens with one attached hydrogen (secondary N) is 1. The zero-order valence-corrected chi connectivity index (χ0v) is 13.8. The topological polar surface area (TPSA) is 55.4 Å². The van der Waals surface area contributed by atoms with E-state index in [0.717, 1.165) is 18.5 Å². The maximum Gasteiger partial charge on any atom is 0.227 e. The van der Waals surface area contributed by atoms with Gasteiger partial charge in [-0.05, 0) is 73.7 Å².